The summed E-state index contributed by atoms with van der Waals surface area (Å²) in [5.74, 6) is 0.290. The first kappa shape index (κ1) is 25.1. The van der Waals surface area contributed by atoms with Crippen LogP contribution in [0.5, 0.6) is 0 Å². The SMILES string of the molecule is CC(C)(C)[Si](C)(C)OC[S@+]([O-])CSC(c1ccccc1)(c1ccccc1)c1ccccc1. The van der Waals surface area contributed by atoms with Gasteiger partial charge in [0, 0.05) is 0 Å². The Bertz CT molecular complexity index is 861. The minimum Gasteiger partial charge on any atom is -0.614 e. The van der Waals surface area contributed by atoms with Crippen molar-refractivity contribution in [2.24, 2.45) is 0 Å². The topological polar surface area (TPSA) is 32.3 Å². The van der Waals surface area contributed by atoms with E-state index in [0.29, 0.717) is 5.08 Å². The molecule has 0 bridgehead atoms. The fraction of sp³-hybridized carbons (Fsp3) is 0.333. The van der Waals surface area contributed by atoms with E-state index < -0.39 is 24.2 Å². The van der Waals surface area contributed by atoms with E-state index in [2.05, 4.69) is 107 Å². The van der Waals surface area contributed by atoms with Crippen LogP contribution in [0.3, 0.4) is 0 Å². The molecule has 2 nitrogen and oxygen atoms in total. The first-order valence-corrected chi connectivity index (χ1v) is 16.3. The van der Waals surface area contributed by atoms with Gasteiger partial charge in [0.15, 0.2) is 19.3 Å². The van der Waals surface area contributed by atoms with Crippen LogP contribution in [-0.2, 0) is 20.3 Å². The molecule has 0 radical (unpaired) electrons. The Hall–Kier alpha value is -1.50. The lowest BCUT2D eigenvalue weighted by molar-refractivity contribution is 0.342. The van der Waals surface area contributed by atoms with Gasteiger partial charge >= 0.3 is 0 Å². The highest BCUT2D eigenvalue weighted by atomic mass is 32.3. The van der Waals surface area contributed by atoms with Crippen molar-refractivity contribution in [3.8, 4) is 0 Å². The van der Waals surface area contributed by atoms with Crippen LogP contribution in [0.1, 0.15) is 37.5 Å². The van der Waals surface area contributed by atoms with E-state index >= 15 is 0 Å². The second-order valence-corrected chi connectivity index (χ2v) is 17.3. The zero-order valence-electron chi connectivity index (χ0n) is 19.7. The number of rotatable bonds is 9. The fourth-order valence-corrected chi connectivity index (χ4v) is 7.94. The summed E-state index contributed by atoms with van der Waals surface area (Å²) in [4.78, 5) is 0. The zero-order valence-corrected chi connectivity index (χ0v) is 22.3. The smallest absolute Gasteiger partial charge is 0.198 e. The van der Waals surface area contributed by atoms with Crippen LogP contribution in [0.25, 0.3) is 0 Å². The van der Waals surface area contributed by atoms with Crippen molar-refractivity contribution in [1.29, 1.82) is 0 Å². The van der Waals surface area contributed by atoms with Crippen LogP contribution < -0.4 is 0 Å². The summed E-state index contributed by atoms with van der Waals surface area (Å²) < 4.78 is 19.0. The Morgan fingerprint density at radius 1 is 0.750 bits per heavy atom. The molecule has 1 atom stereocenters. The molecule has 0 saturated carbocycles. The van der Waals surface area contributed by atoms with E-state index in [1.54, 1.807) is 11.8 Å². The highest BCUT2D eigenvalue weighted by Gasteiger charge is 2.40. The number of hydrogen-bond acceptors (Lipinski definition) is 3. The fourth-order valence-electron chi connectivity index (χ4n) is 3.39. The van der Waals surface area contributed by atoms with Gasteiger partial charge in [-0.2, -0.15) is 0 Å². The van der Waals surface area contributed by atoms with Gasteiger partial charge < -0.3 is 8.98 Å². The van der Waals surface area contributed by atoms with Gasteiger partial charge in [-0.1, -0.05) is 124 Å². The van der Waals surface area contributed by atoms with Gasteiger partial charge in [-0.15, -0.1) is 0 Å². The Labute approximate surface area is 202 Å². The predicted molar refractivity (Wildman–Crippen MR) is 143 cm³/mol. The van der Waals surface area contributed by atoms with E-state index in [1.165, 1.54) is 16.7 Å². The minimum absolute atomic E-state index is 0.103. The molecule has 0 aliphatic rings. The monoisotopic (exact) mass is 482 g/mol. The van der Waals surface area contributed by atoms with Crippen molar-refractivity contribution in [3.05, 3.63) is 108 Å². The molecule has 0 amide bonds. The molecule has 0 fully saturated rings. The Kier molecular flexibility index (Phi) is 8.34. The normalized spacial score (nSPS) is 13.7. The minimum atomic E-state index is -1.94. The van der Waals surface area contributed by atoms with Crippen LogP contribution in [0.4, 0.5) is 0 Å². The summed E-state index contributed by atoms with van der Waals surface area (Å²) in [6, 6.07) is 31.6. The Morgan fingerprint density at radius 3 is 1.47 bits per heavy atom. The third kappa shape index (κ3) is 5.70. The van der Waals surface area contributed by atoms with Gasteiger partial charge in [0.2, 0.25) is 0 Å². The molecule has 0 heterocycles. The van der Waals surface area contributed by atoms with E-state index in [4.69, 9.17) is 4.43 Å². The number of thioether (sulfide) groups is 1. The summed E-state index contributed by atoms with van der Waals surface area (Å²) in [6.45, 7) is 11.0. The largest absolute Gasteiger partial charge is 0.614 e. The maximum Gasteiger partial charge on any atom is 0.198 e. The van der Waals surface area contributed by atoms with Crippen LogP contribution in [-0.4, -0.2) is 23.9 Å². The lowest BCUT2D eigenvalue weighted by Crippen LogP contribution is -2.42. The first-order chi connectivity index (χ1) is 15.2. The van der Waals surface area contributed by atoms with Gasteiger partial charge in [-0.25, -0.2) is 0 Å². The van der Waals surface area contributed by atoms with Crippen molar-refractivity contribution in [2.45, 2.75) is 43.7 Å². The molecule has 0 aromatic heterocycles. The number of benzene rings is 3. The van der Waals surface area contributed by atoms with Crippen molar-refractivity contribution in [3.63, 3.8) is 0 Å². The van der Waals surface area contributed by atoms with Crippen LogP contribution >= 0.6 is 11.8 Å². The molecule has 0 unspecified atom stereocenters. The second kappa shape index (κ2) is 10.6. The third-order valence-electron chi connectivity index (χ3n) is 6.31. The van der Waals surface area contributed by atoms with Crippen molar-refractivity contribution in [2.75, 3.05) is 11.0 Å². The summed E-state index contributed by atoms with van der Waals surface area (Å²) in [6.07, 6.45) is 0. The molecular weight excluding hydrogens is 449 g/mol. The van der Waals surface area contributed by atoms with Gasteiger partial charge in [-0.05, 0) is 46.0 Å². The molecule has 3 aromatic rings. The highest BCUT2D eigenvalue weighted by molar-refractivity contribution is 8.13. The average molecular weight is 483 g/mol. The van der Waals surface area contributed by atoms with E-state index in [9.17, 15) is 4.55 Å². The molecule has 170 valence electrons. The molecule has 0 saturated heterocycles. The highest BCUT2D eigenvalue weighted by Crippen LogP contribution is 2.49. The molecule has 5 heteroatoms. The molecule has 0 spiro atoms. The second-order valence-electron chi connectivity index (χ2n) is 9.50. The lowest BCUT2D eigenvalue weighted by Gasteiger charge is -2.37. The summed E-state index contributed by atoms with van der Waals surface area (Å²) in [5.41, 5.74) is 3.55. The van der Waals surface area contributed by atoms with Gasteiger partial charge in [-0.3, -0.25) is 0 Å². The van der Waals surface area contributed by atoms with Crippen LogP contribution in [0.2, 0.25) is 18.1 Å². The van der Waals surface area contributed by atoms with Crippen molar-refractivity contribution >= 4 is 31.3 Å². The molecule has 3 aromatic carbocycles. The third-order valence-corrected chi connectivity index (χ3v) is 14.0. The van der Waals surface area contributed by atoms with E-state index in [-0.39, 0.29) is 11.0 Å². The summed E-state index contributed by atoms with van der Waals surface area (Å²) >= 11 is 0.636. The molecule has 0 N–H and O–H groups in total. The van der Waals surface area contributed by atoms with Crippen molar-refractivity contribution in [1.82, 2.24) is 0 Å². The van der Waals surface area contributed by atoms with E-state index in [1.807, 2.05) is 18.2 Å². The molecule has 0 aliphatic heterocycles. The van der Waals surface area contributed by atoms with Gasteiger partial charge in [0.25, 0.3) is 0 Å². The average Bonchev–Trinajstić information content (AvgIpc) is 2.79. The van der Waals surface area contributed by atoms with Crippen LogP contribution in [0.15, 0.2) is 91.0 Å². The molecule has 32 heavy (non-hydrogen) atoms. The molecule has 0 aliphatic carbocycles. The summed E-state index contributed by atoms with van der Waals surface area (Å²) in [5, 5.41) is 0.597. The quantitative estimate of drug-likeness (QED) is 0.181. The Balaban J connectivity index is 1.94. The predicted octanol–water partition coefficient (Wildman–Crippen LogP) is 7.40. The maximum atomic E-state index is 13.1. The maximum absolute atomic E-state index is 13.1. The van der Waals surface area contributed by atoms with Gasteiger partial charge in [0.05, 0.1) is 4.75 Å². The summed E-state index contributed by atoms with van der Waals surface area (Å²) in [7, 11) is -1.94. The molecular formula is C27H34O2S2Si. The van der Waals surface area contributed by atoms with Gasteiger partial charge in [0.1, 0.15) is 0 Å². The van der Waals surface area contributed by atoms with Crippen LogP contribution in [0, 0.1) is 0 Å². The standard InChI is InChI=1S/C27H34O2S2Si/c1-26(2,3)32(4,5)29-21-31(28)22-30-27(23-15-9-6-10-16-23,24-17-11-7-12-18-24)25-19-13-8-14-20-25/h6-20H,21-22H2,1-5H3/t31-/m0/s1. The zero-order chi connectivity index (χ0) is 23.2. The Morgan fingerprint density at radius 2 is 1.12 bits per heavy atom. The lowest BCUT2D eigenvalue weighted by atomic mass is 9.84. The van der Waals surface area contributed by atoms with Crippen molar-refractivity contribution < 1.29 is 8.98 Å². The molecule has 3 rings (SSSR count). The number of hydrogen-bond donors (Lipinski definition) is 0. The first-order valence-electron chi connectivity index (χ1n) is 11.0. The van der Waals surface area contributed by atoms with E-state index in [0.717, 1.165) is 0 Å².